The van der Waals surface area contributed by atoms with Crippen molar-refractivity contribution in [2.24, 2.45) is 5.92 Å². The predicted octanol–water partition coefficient (Wildman–Crippen LogP) is 8.14. The smallest absolute Gasteiger partial charge is 0.309 e. The van der Waals surface area contributed by atoms with Gasteiger partial charge < -0.3 is 13.9 Å². The minimum absolute atomic E-state index is 0.0270. The molecular weight excluding hydrogens is 498 g/mol. The van der Waals surface area contributed by atoms with Crippen LogP contribution in [-0.4, -0.2) is 44.2 Å². The Morgan fingerprint density at radius 2 is 1.76 bits per heavy atom. The summed E-state index contributed by atoms with van der Waals surface area (Å²) in [6.45, 7) is 20.1. The summed E-state index contributed by atoms with van der Waals surface area (Å²) in [6.07, 6.45) is 2.97. The van der Waals surface area contributed by atoms with Gasteiger partial charge in [0.25, 0.3) is 0 Å². The van der Waals surface area contributed by atoms with E-state index in [-0.39, 0.29) is 41.2 Å². The predicted molar refractivity (Wildman–Crippen MR) is 156 cm³/mol. The lowest BCUT2D eigenvalue weighted by atomic mass is 9.77. The molecule has 3 rings (SSSR count). The lowest BCUT2D eigenvalue weighted by molar-refractivity contribution is -0.158. The van der Waals surface area contributed by atoms with Gasteiger partial charge in [0, 0.05) is 16.9 Å². The molecule has 1 fully saturated rings. The van der Waals surface area contributed by atoms with E-state index in [1.165, 1.54) is 5.56 Å². The van der Waals surface area contributed by atoms with Crippen molar-refractivity contribution in [3.05, 3.63) is 40.2 Å². The third-order valence-electron chi connectivity index (χ3n) is 8.14. The number of rotatable bonds is 10. The van der Waals surface area contributed by atoms with E-state index in [4.69, 9.17) is 18.9 Å². The number of thiazole rings is 1. The second-order valence-electron chi connectivity index (χ2n) is 11.9. The molecule has 0 amide bonds. The molecule has 2 aromatic rings. The molecule has 7 heteroatoms. The highest BCUT2D eigenvalue weighted by Gasteiger charge is 2.49. The second kappa shape index (κ2) is 12.5. The lowest BCUT2D eigenvalue weighted by Gasteiger charge is -2.47. The highest BCUT2D eigenvalue weighted by molar-refractivity contribution is 7.10. The first-order valence-electron chi connectivity index (χ1n) is 13.9. The molecule has 0 aliphatic heterocycles. The minimum Gasteiger partial charge on any atom is -0.466 e. The zero-order valence-corrected chi connectivity index (χ0v) is 26.1. The minimum atomic E-state index is -2.13. The SMILES string of the molecule is CCOC(=O)[C@@H]1C[C@H](c2nc(-c3ccc(C)cc3)cs2)[C@H](O[Si](C)(C)C(C)(C)C)[C@H](OC(CC)CC)C1. The molecule has 206 valence electrons. The molecule has 0 saturated heterocycles. The molecule has 1 aliphatic rings. The fourth-order valence-electron chi connectivity index (χ4n) is 4.76. The molecule has 0 radical (unpaired) electrons. The third-order valence-corrected chi connectivity index (χ3v) is 13.6. The molecule has 1 heterocycles. The van der Waals surface area contributed by atoms with Crippen LogP contribution in [0.2, 0.25) is 18.1 Å². The van der Waals surface area contributed by atoms with Crippen molar-refractivity contribution in [3.63, 3.8) is 0 Å². The molecule has 1 aromatic heterocycles. The van der Waals surface area contributed by atoms with E-state index >= 15 is 0 Å². The molecule has 5 nitrogen and oxygen atoms in total. The maximum Gasteiger partial charge on any atom is 0.309 e. The van der Waals surface area contributed by atoms with E-state index in [9.17, 15) is 4.79 Å². The Morgan fingerprint density at radius 3 is 2.32 bits per heavy atom. The van der Waals surface area contributed by atoms with Gasteiger partial charge >= 0.3 is 5.97 Å². The molecular formula is C30H47NO4SSi. The summed E-state index contributed by atoms with van der Waals surface area (Å²) in [5.74, 6) is -0.386. The fraction of sp³-hybridized carbons (Fsp3) is 0.667. The molecule has 37 heavy (non-hydrogen) atoms. The number of aromatic nitrogens is 1. The zero-order valence-electron chi connectivity index (χ0n) is 24.3. The Labute approximate surface area is 229 Å². The number of nitrogens with zero attached hydrogens (tertiary/aromatic N) is 1. The van der Waals surface area contributed by atoms with Gasteiger partial charge in [0.15, 0.2) is 8.32 Å². The Kier molecular flexibility index (Phi) is 10.2. The standard InChI is InChI=1S/C30H47NO4SSi/c1-10-23(11-2)34-26-18-22(29(32)33-12-3)17-24(27(26)35-37(8,9)30(5,6)7)28-31-25(19-36-28)21-15-13-20(4)14-16-21/h13-16,19,22-24,26-27H,10-12,17-18H2,1-9H3/t22-,24+,26-,27+/m1/s1. The number of carbonyl (C=O) groups is 1. The van der Waals surface area contributed by atoms with Crippen molar-refractivity contribution < 1.29 is 18.7 Å². The Hall–Kier alpha value is -1.54. The van der Waals surface area contributed by atoms with E-state index in [1.807, 2.05) is 6.92 Å². The normalized spacial score (nSPS) is 22.9. The van der Waals surface area contributed by atoms with Crippen molar-refractivity contribution >= 4 is 25.6 Å². The maximum absolute atomic E-state index is 13.0. The number of carbonyl (C=O) groups excluding carboxylic acids is 1. The van der Waals surface area contributed by atoms with Crippen molar-refractivity contribution in [1.29, 1.82) is 0 Å². The summed E-state index contributed by atoms with van der Waals surface area (Å²) < 4.78 is 19.4. The largest absolute Gasteiger partial charge is 0.466 e. The summed E-state index contributed by atoms with van der Waals surface area (Å²) in [7, 11) is -2.13. The van der Waals surface area contributed by atoms with Crippen molar-refractivity contribution in [3.8, 4) is 11.3 Å². The number of aryl methyl sites for hydroxylation is 1. The van der Waals surface area contributed by atoms with E-state index in [1.54, 1.807) is 11.3 Å². The van der Waals surface area contributed by atoms with Crippen LogP contribution in [0.15, 0.2) is 29.6 Å². The monoisotopic (exact) mass is 545 g/mol. The van der Waals surface area contributed by atoms with Gasteiger partial charge in [0.05, 0.1) is 41.5 Å². The van der Waals surface area contributed by atoms with Crippen molar-refractivity contribution in [2.45, 2.75) is 117 Å². The first-order chi connectivity index (χ1) is 17.4. The second-order valence-corrected chi connectivity index (χ2v) is 17.6. The first-order valence-corrected chi connectivity index (χ1v) is 17.7. The number of ether oxygens (including phenoxy) is 2. The van der Waals surface area contributed by atoms with Gasteiger partial charge in [-0.25, -0.2) is 4.98 Å². The van der Waals surface area contributed by atoms with Crippen molar-refractivity contribution in [1.82, 2.24) is 4.98 Å². The quantitative estimate of drug-likeness (QED) is 0.223. The van der Waals surface area contributed by atoms with Gasteiger partial charge in [-0.3, -0.25) is 4.79 Å². The van der Waals surface area contributed by atoms with Gasteiger partial charge in [-0.15, -0.1) is 11.3 Å². The van der Waals surface area contributed by atoms with Gasteiger partial charge in [0.1, 0.15) is 0 Å². The number of benzene rings is 1. The first kappa shape index (κ1) is 30.0. The number of hydrogen-bond donors (Lipinski definition) is 0. The summed E-state index contributed by atoms with van der Waals surface area (Å²) in [4.78, 5) is 18.1. The molecule has 0 unspecified atom stereocenters. The van der Waals surface area contributed by atoms with Crippen LogP contribution in [0, 0.1) is 12.8 Å². The fourth-order valence-corrected chi connectivity index (χ4v) is 7.08. The Bertz CT molecular complexity index is 1010. The molecule has 0 spiro atoms. The van der Waals surface area contributed by atoms with Crippen LogP contribution >= 0.6 is 11.3 Å². The van der Waals surface area contributed by atoms with Gasteiger partial charge in [-0.2, -0.15) is 0 Å². The average Bonchev–Trinajstić information content (AvgIpc) is 3.33. The van der Waals surface area contributed by atoms with Crippen molar-refractivity contribution in [2.75, 3.05) is 6.61 Å². The topological polar surface area (TPSA) is 57.7 Å². The summed E-state index contributed by atoms with van der Waals surface area (Å²) in [5, 5.41) is 3.21. The van der Waals surface area contributed by atoms with Crippen LogP contribution in [0.4, 0.5) is 0 Å². The van der Waals surface area contributed by atoms with E-state index in [0.29, 0.717) is 19.4 Å². The van der Waals surface area contributed by atoms with Crippen LogP contribution in [0.25, 0.3) is 11.3 Å². The maximum atomic E-state index is 13.0. The molecule has 1 aromatic carbocycles. The van der Waals surface area contributed by atoms with Crippen LogP contribution in [0.3, 0.4) is 0 Å². The number of hydrogen-bond acceptors (Lipinski definition) is 6. The van der Waals surface area contributed by atoms with Crippen LogP contribution in [0.5, 0.6) is 0 Å². The molecule has 0 bridgehead atoms. The molecule has 1 aliphatic carbocycles. The number of esters is 1. The molecule has 1 saturated carbocycles. The Balaban J connectivity index is 2.04. The van der Waals surface area contributed by atoms with Crippen LogP contribution < -0.4 is 0 Å². The Morgan fingerprint density at radius 1 is 1.11 bits per heavy atom. The third kappa shape index (κ3) is 7.31. The molecule has 4 atom stereocenters. The van der Waals surface area contributed by atoms with E-state index in [0.717, 1.165) is 29.1 Å². The zero-order chi connectivity index (χ0) is 27.4. The van der Waals surface area contributed by atoms with Crippen LogP contribution in [-0.2, 0) is 18.7 Å². The van der Waals surface area contributed by atoms with Gasteiger partial charge in [-0.1, -0.05) is 64.4 Å². The average molecular weight is 546 g/mol. The van der Waals surface area contributed by atoms with E-state index in [2.05, 4.69) is 84.3 Å². The summed E-state index contributed by atoms with van der Waals surface area (Å²) >= 11 is 1.67. The highest BCUT2D eigenvalue weighted by atomic mass is 32.1. The summed E-state index contributed by atoms with van der Waals surface area (Å²) in [5.41, 5.74) is 3.31. The van der Waals surface area contributed by atoms with Crippen LogP contribution in [0.1, 0.15) is 83.7 Å². The summed E-state index contributed by atoms with van der Waals surface area (Å²) in [6, 6.07) is 8.49. The van der Waals surface area contributed by atoms with E-state index < -0.39 is 8.32 Å². The van der Waals surface area contributed by atoms with Gasteiger partial charge in [0.2, 0.25) is 0 Å². The lowest BCUT2D eigenvalue weighted by Crippen LogP contribution is -2.53. The van der Waals surface area contributed by atoms with Gasteiger partial charge in [-0.05, 0) is 57.7 Å². The highest BCUT2D eigenvalue weighted by Crippen LogP contribution is 2.46. The molecule has 0 N–H and O–H groups in total.